The van der Waals surface area contributed by atoms with Crippen molar-refractivity contribution in [3.05, 3.63) is 0 Å². The van der Waals surface area contributed by atoms with Crippen LogP contribution in [0.2, 0.25) is 0 Å². The number of hydrogen-bond acceptors (Lipinski definition) is 5. The Balaban J connectivity index is 2.61. The van der Waals surface area contributed by atoms with Crippen molar-refractivity contribution in [2.24, 2.45) is 0 Å². The van der Waals surface area contributed by atoms with Gasteiger partial charge in [-0.05, 0) is 82.1 Å². The van der Waals surface area contributed by atoms with E-state index >= 15 is 0 Å². The van der Waals surface area contributed by atoms with Crippen LogP contribution in [0.15, 0.2) is 0 Å². The van der Waals surface area contributed by atoms with Gasteiger partial charge in [0.25, 0.3) is 0 Å². The average molecular weight is 407 g/mol. The third kappa shape index (κ3) is 8.93. The second-order valence-corrected chi connectivity index (χ2v) is 12.3. The van der Waals surface area contributed by atoms with E-state index in [0.29, 0.717) is 6.42 Å². The topological polar surface area (TPSA) is 62.2 Å². The lowest BCUT2D eigenvalue weighted by Gasteiger charge is -2.48. The summed E-state index contributed by atoms with van der Waals surface area (Å²) >= 11 is 0. The van der Waals surface area contributed by atoms with Crippen molar-refractivity contribution in [2.45, 2.75) is 104 Å². The van der Waals surface area contributed by atoms with Crippen LogP contribution in [0.1, 0.15) is 82.1 Å². The normalized spacial score (nSPS) is 21.3. The Morgan fingerprint density at radius 2 is 1.22 bits per heavy atom. The lowest BCUT2D eigenvalue weighted by atomic mass is 9.89. The highest BCUT2D eigenvalue weighted by Crippen LogP contribution is 2.51. The first-order valence-corrected chi connectivity index (χ1v) is 11.6. The maximum atomic E-state index is 12.3. The molecule has 0 saturated carbocycles. The number of phosphoric acid groups is 1. The van der Waals surface area contributed by atoms with E-state index in [1.54, 1.807) is 20.8 Å². The highest BCUT2D eigenvalue weighted by Gasteiger charge is 2.38. The van der Waals surface area contributed by atoms with Crippen LogP contribution in [-0.2, 0) is 13.6 Å². The van der Waals surface area contributed by atoms with Gasteiger partial charge in [-0.2, -0.15) is 0 Å². The molecule has 1 atom stereocenters. The highest BCUT2D eigenvalue weighted by atomic mass is 31.2. The molecule has 0 aromatic heterocycles. The van der Waals surface area contributed by atoms with Crippen LogP contribution in [0.4, 0.5) is 0 Å². The monoisotopic (exact) mass is 406 g/mol. The van der Waals surface area contributed by atoms with Gasteiger partial charge in [0.15, 0.2) is 0 Å². The van der Waals surface area contributed by atoms with Gasteiger partial charge >= 0.3 is 7.82 Å². The molecule has 0 radical (unpaired) electrons. The zero-order chi connectivity index (χ0) is 21.3. The van der Waals surface area contributed by atoms with Gasteiger partial charge in [-0.15, -0.1) is 0 Å². The molecule has 1 unspecified atom stereocenters. The summed E-state index contributed by atoms with van der Waals surface area (Å²) in [5.74, 6) is 0. The predicted molar refractivity (Wildman–Crippen MR) is 112 cm³/mol. The molecule has 0 aromatic rings. The molecule has 0 bridgehead atoms. The molecule has 27 heavy (non-hydrogen) atoms. The zero-order valence-corrected chi connectivity index (χ0v) is 20.2. The van der Waals surface area contributed by atoms with Crippen molar-refractivity contribution in [1.29, 1.82) is 0 Å². The van der Waals surface area contributed by atoms with E-state index in [0.717, 1.165) is 32.6 Å². The van der Waals surface area contributed by atoms with Gasteiger partial charge in [0.2, 0.25) is 0 Å². The maximum absolute atomic E-state index is 12.3. The lowest BCUT2D eigenvalue weighted by molar-refractivity contribution is -0.0154. The van der Waals surface area contributed by atoms with Crippen LogP contribution in [0, 0.1) is 0 Å². The van der Waals surface area contributed by atoms with Gasteiger partial charge in [0.05, 0.1) is 11.2 Å². The zero-order valence-electron chi connectivity index (χ0n) is 19.3. The molecule has 1 aliphatic heterocycles. The van der Waals surface area contributed by atoms with Crippen molar-refractivity contribution >= 4 is 7.82 Å². The van der Waals surface area contributed by atoms with E-state index in [4.69, 9.17) is 9.05 Å². The van der Waals surface area contributed by atoms with Crippen LogP contribution < -0.4 is 0 Å². The fraction of sp³-hybridized carbons (Fsp3) is 1.00. The van der Waals surface area contributed by atoms with Crippen molar-refractivity contribution in [2.75, 3.05) is 26.2 Å². The molecule has 0 spiro atoms. The molecule has 0 aromatic carbocycles. The Bertz CT molecular complexity index is 527. The highest BCUT2D eigenvalue weighted by molar-refractivity contribution is 7.47. The molecule has 6 nitrogen and oxygen atoms in total. The molecule has 162 valence electrons. The minimum Gasteiger partial charge on any atom is -0.302 e. The fourth-order valence-corrected chi connectivity index (χ4v) is 4.92. The maximum Gasteiger partial charge on any atom is 0.473 e. The second-order valence-electron chi connectivity index (χ2n) is 11.0. The van der Waals surface area contributed by atoms with Crippen LogP contribution in [0.5, 0.6) is 0 Å². The summed E-state index contributed by atoms with van der Waals surface area (Å²) in [6.45, 7) is 24.4. The van der Waals surface area contributed by atoms with E-state index in [2.05, 4.69) is 44.4 Å². The van der Waals surface area contributed by atoms with Crippen molar-refractivity contribution in [1.82, 2.24) is 9.80 Å². The molecule has 1 aliphatic rings. The van der Waals surface area contributed by atoms with Crippen LogP contribution in [0.3, 0.4) is 0 Å². The summed E-state index contributed by atoms with van der Waals surface area (Å²) in [6.07, 6.45) is 1.56. The first-order valence-electron chi connectivity index (χ1n) is 10.1. The van der Waals surface area contributed by atoms with E-state index < -0.39 is 19.0 Å². The Morgan fingerprint density at radius 1 is 0.778 bits per heavy atom. The van der Waals surface area contributed by atoms with Gasteiger partial charge < -0.3 is 4.89 Å². The Kier molecular flexibility index (Phi) is 7.81. The molecular weight excluding hydrogens is 363 g/mol. The van der Waals surface area contributed by atoms with E-state index in [9.17, 15) is 9.46 Å². The molecule has 1 fully saturated rings. The standard InChI is InChI=1S/C20H43N2O4P/c1-17(2,3)21-13-15-22(16-14-21)19(7,8)11-12-20(9,10)26-27(23,24)25-18(4,5)6/h11-16H2,1-10H3,(H,23,24). The molecule has 0 amide bonds. The van der Waals surface area contributed by atoms with Gasteiger partial charge in [0, 0.05) is 37.3 Å². The molecule has 7 heteroatoms. The van der Waals surface area contributed by atoms with Gasteiger partial charge in [-0.3, -0.25) is 18.8 Å². The van der Waals surface area contributed by atoms with Gasteiger partial charge in [0.1, 0.15) is 0 Å². The van der Waals surface area contributed by atoms with Crippen molar-refractivity contribution < 1.29 is 18.5 Å². The van der Waals surface area contributed by atoms with E-state index in [-0.39, 0.29) is 11.1 Å². The molecule has 1 N–H and O–H groups in total. The number of phosphoric ester groups is 1. The summed E-state index contributed by atoms with van der Waals surface area (Å²) in [7, 11) is -4.10. The molecule has 1 heterocycles. The largest absolute Gasteiger partial charge is 0.473 e. The van der Waals surface area contributed by atoms with E-state index in [1.165, 1.54) is 0 Å². The number of nitrogens with zero attached hydrogens (tertiary/aromatic N) is 2. The Morgan fingerprint density at radius 3 is 1.63 bits per heavy atom. The quantitative estimate of drug-likeness (QED) is 0.620. The smallest absolute Gasteiger partial charge is 0.302 e. The molecule has 0 aliphatic carbocycles. The summed E-state index contributed by atoms with van der Waals surface area (Å²) < 4.78 is 23.0. The fourth-order valence-electron chi connectivity index (χ4n) is 3.47. The average Bonchev–Trinajstić information content (AvgIpc) is 2.41. The Hall–Kier alpha value is 0.0300. The lowest BCUT2D eigenvalue weighted by Crippen LogP contribution is -2.58. The minimum atomic E-state index is -4.10. The SMILES string of the molecule is CC(C)(C)OP(=O)(O)OC(C)(C)CCC(C)(C)N1CCN(C(C)(C)C)CC1. The molecule has 1 rings (SSSR count). The minimum absolute atomic E-state index is 0.00886. The van der Waals surface area contributed by atoms with Crippen molar-refractivity contribution in [3.8, 4) is 0 Å². The van der Waals surface area contributed by atoms with Gasteiger partial charge in [-0.1, -0.05) is 0 Å². The number of rotatable bonds is 7. The van der Waals surface area contributed by atoms with Gasteiger partial charge in [-0.25, -0.2) is 4.57 Å². The number of hydrogen-bond donors (Lipinski definition) is 1. The van der Waals surface area contributed by atoms with Crippen LogP contribution in [0.25, 0.3) is 0 Å². The summed E-state index contributed by atoms with van der Waals surface area (Å²) in [5, 5.41) is 0. The van der Waals surface area contributed by atoms with Crippen LogP contribution >= 0.6 is 7.82 Å². The molecular formula is C20H43N2O4P. The summed E-state index contributed by atoms with van der Waals surface area (Å²) in [6, 6.07) is 0. The third-order valence-corrected chi connectivity index (χ3v) is 6.68. The molecule has 1 saturated heterocycles. The number of piperazine rings is 1. The summed E-state index contributed by atoms with van der Waals surface area (Å²) in [5.41, 5.74) is -1.25. The van der Waals surface area contributed by atoms with E-state index in [1.807, 2.05) is 13.8 Å². The second kappa shape index (κ2) is 8.41. The van der Waals surface area contributed by atoms with Crippen molar-refractivity contribution in [3.63, 3.8) is 0 Å². The van der Waals surface area contributed by atoms with Crippen LogP contribution in [-0.4, -0.2) is 63.2 Å². The Labute approximate surface area is 167 Å². The predicted octanol–water partition coefficient (Wildman–Crippen LogP) is 4.67. The first kappa shape index (κ1) is 25.1. The first-order chi connectivity index (χ1) is 11.8. The summed E-state index contributed by atoms with van der Waals surface area (Å²) in [4.78, 5) is 15.1. The third-order valence-electron chi connectivity index (χ3n) is 5.17.